The van der Waals surface area contributed by atoms with E-state index in [1.54, 1.807) is 43.0 Å². The van der Waals surface area contributed by atoms with Gasteiger partial charge in [-0.1, -0.05) is 23.9 Å². The van der Waals surface area contributed by atoms with E-state index < -0.39 is 5.25 Å². The molecule has 0 spiro atoms. The number of hydrogen-bond acceptors (Lipinski definition) is 7. The lowest BCUT2D eigenvalue weighted by atomic mass is 10.1. The molecule has 0 bridgehead atoms. The van der Waals surface area contributed by atoms with E-state index in [0.29, 0.717) is 16.4 Å². The van der Waals surface area contributed by atoms with Crippen molar-refractivity contribution < 1.29 is 14.3 Å². The predicted molar refractivity (Wildman–Crippen MR) is 106 cm³/mol. The summed E-state index contributed by atoms with van der Waals surface area (Å²) >= 11 is 1.24. The molecule has 3 rings (SSSR count). The van der Waals surface area contributed by atoms with E-state index in [-0.39, 0.29) is 11.7 Å². The molecule has 1 N–H and O–H groups in total. The fourth-order valence-corrected chi connectivity index (χ4v) is 3.22. The Hall–Kier alpha value is -3.20. The average molecular weight is 397 g/mol. The fourth-order valence-electron chi connectivity index (χ4n) is 2.41. The topological polar surface area (TPSA) is 99.0 Å². The molecule has 144 valence electrons. The first-order valence-electron chi connectivity index (χ1n) is 8.49. The number of hydrogen-bond donors (Lipinski definition) is 1. The Morgan fingerprint density at radius 2 is 1.93 bits per heavy atom. The maximum absolute atomic E-state index is 12.5. The highest BCUT2D eigenvalue weighted by molar-refractivity contribution is 8.00. The van der Waals surface area contributed by atoms with Gasteiger partial charge in [-0.25, -0.2) is 0 Å². The third-order valence-electron chi connectivity index (χ3n) is 3.95. The molecule has 0 radical (unpaired) electrons. The van der Waals surface area contributed by atoms with Gasteiger partial charge in [0.25, 0.3) is 0 Å². The standard InChI is InChI=1S/C19H19N5O3S/c1-12(25)14-5-4-6-15(11-14)20-18(26)13(2)28-19-21-22-23-24(19)16-7-9-17(27-3)10-8-16/h4-11,13H,1-3H3,(H,20,26)/t13-/m1/s1. The third-order valence-corrected chi connectivity index (χ3v) is 4.98. The van der Waals surface area contributed by atoms with Gasteiger partial charge in [-0.15, -0.1) is 5.10 Å². The molecule has 0 unspecified atom stereocenters. The molecule has 9 heteroatoms. The number of methoxy groups -OCH3 is 1. The highest BCUT2D eigenvalue weighted by Crippen LogP contribution is 2.25. The Morgan fingerprint density at radius 3 is 2.61 bits per heavy atom. The summed E-state index contributed by atoms with van der Waals surface area (Å²) in [6.45, 7) is 3.25. The van der Waals surface area contributed by atoms with Crippen LogP contribution in [0, 0.1) is 0 Å². The fraction of sp³-hybridized carbons (Fsp3) is 0.211. The van der Waals surface area contributed by atoms with Gasteiger partial charge in [0.2, 0.25) is 11.1 Å². The number of carbonyl (C=O) groups excluding carboxylic acids is 2. The van der Waals surface area contributed by atoms with Crippen LogP contribution in [0.3, 0.4) is 0 Å². The van der Waals surface area contributed by atoms with Crippen molar-refractivity contribution in [3.8, 4) is 11.4 Å². The number of ketones is 1. The van der Waals surface area contributed by atoms with Crippen LogP contribution in [0.2, 0.25) is 0 Å². The second kappa shape index (κ2) is 8.66. The van der Waals surface area contributed by atoms with E-state index in [2.05, 4.69) is 20.8 Å². The van der Waals surface area contributed by atoms with Gasteiger partial charge in [0.05, 0.1) is 18.0 Å². The quantitative estimate of drug-likeness (QED) is 0.483. The minimum Gasteiger partial charge on any atom is -0.497 e. The van der Waals surface area contributed by atoms with Crippen molar-refractivity contribution in [3.05, 3.63) is 54.1 Å². The zero-order valence-electron chi connectivity index (χ0n) is 15.6. The van der Waals surface area contributed by atoms with E-state index in [1.807, 2.05) is 24.3 Å². The number of benzene rings is 2. The van der Waals surface area contributed by atoms with Crippen LogP contribution in [0.25, 0.3) is 5.69 Å². The third kappa shape index (κ3) is 4.55. The van der Waals surface area contributed by atoms with Crippen LogP contribution < -0.4 is 10.1 Å². The molecule has 0 aliphatic rings. The molecule has 1 atom stereocenters. The molecular formula is C19H19N5O3S. The predicted octanol–water partition coefficient (Wildman–Crippen LogP) is 2.99. The average Bonchev–Trinajstić information content (AvgIpc) is 3.16. The van der Waals surface area contributed by atoms with Crippen molar-refractivity contribution >= 4 is 29.1 Å². The molecule has 1 amide bonds. The highest BCUT2D eigenvalue weighted by atomic mass is 32.2. The number of aromatic nitrogens is 4. The van der Waals surface area contributed by atoms with Gasteiger partial charge < -0.3 is 10.1 Å². The monoisotopic (exact) mass is 397 g/mol. The highest BCUT2D eigenvalue weighted by Gasteiger charge is 2.19. The zero-order valence-corrected chi connectivity index (χ0v) is 16.4. The first-order chi connectivity index (χ1) is 13.5. The van der Waals surface area contributed by atoms with Crippen molar-refractivity contribution in [2.75, 3.05) is 12.4 Å². The van der Waals surface area contributed by atoms with E-state index in [1.165, 1.54) is 18.7 Å². The molecule has 0 fully saturated rings. The van der Waals surface area contributed by atoms with E-state index >= 15 is 0 Å². The smallest absolute Gasteiger partial charge is 0.237 e. The molecule has 1 heterocycles. The lowest BCUT2D eigenvalue weighted by molar-refractivity contribution is -0.115. The lowest BCUT2D eigenvalue weighted by Crippen LogP contribution is -2.23. The van der Waals surface area contributed by atoms with Gasteiger partial charge in [-0.2, -0.15) is 4.68 Å². The van der Waals surface area contributed by atoms with Crippen LogP contribution in [-0.2, 0) is 4.79 Å². The van der Waals surface area contributed by atoms with E-state index in [9.17, 15) is 9.59 Å². The molecule has 1 aromatic heterocycles. The van der Waals surface area contributed by atoms with E-state index in [4.69, 9.17) is 4.74 Å². The van der Waals surface area contributed by atoms with Gasteiger partial charge in [0, 0.05) is 11.3 Å². The molecule has 8 nitrogen and oxygen atoms in total. The van der Waals surface area contributed by atoms with Crippen molar-refractivity contribution in [1.82, 2.24) is 20.2 Å². The Labute approximate surface area is 166 Å². The summed E-state index contributed by atoms with van der Waals surface area (Å²) in [6.07, 6.45) is 0. The van der Waals surface area contributed by atoms with E-state index in [0.717, 1.165) is 11.4 Å². The van der Waals surface area contributed by atoms with Crippen LogP contribution in [0.4, 0.5) is 5.69 Å². The minimum absolute atomic E-state index is 0.0582. The van der Waals surface area contributed by atoms with Crippen molar-refractivity contribution in [2.24, 2.45) is 0 Å². The molecule has 0 aliphatic heterocycles. The van der Waals surface area contributed by atoms with Gasteiger partial charge in [-0.05, 0) is 60.7 Å². The first kappa shape index (κ1) is 19.6. The number of rotatable bonds is 7. The molecule has 0 saturated carbocycles. The van der Waals surface area contributed by atoms with Crippen LogP contribution in [-0.4, -0.2) is 44.3 Å². The number of ether oxygens (including phenoxy) is 1. The van der Waals surface area contributed by atoms with Gasteiger partial charge in [0.15, 0.2) is 5.78 Å². The Kier molecular flexibility index (Phi) is 6.05. The number of tetrazole rings is 1. The largest absolute Gasteiger partial charge is 0.497 e. The molecule has 3 aromatic rings. The summed E-state index contributed by atoms with van der Waals surface area (Å²) in [6, 6.07) is 14.1. The Balaban J connectivity index is 1.70. The summed E-state index contributed by atoms with van der Waals surface area (Å²) in [7, 11) is 1.60. The number of thioether (sulfide) groups is 1. The second-order valence-corrected chi connectivity index (χ2v) is 7.27. The van der Waals surface area contributed by atoms with Crippen LogP contribution in [0.15, 0.2) is 53.7 Å². The number of nitrogens with zero attached hydrogens (tertiary/aromatic N) is 4. The maximum atomic E-state index is 12.5. The number of amides is 1. The zero-order chi connectivity index (χ0) is 20.1. The maximum Gasteiger partial charge on any atom is 0.237 e. The molecule has 0 saturated heterocycles. The summed E-state index contributed by atoms with van der Waals surface area (Å²) in [5, 5.41) is 14.6. The summed E-state index contributed by atoms with van der Waals surface area (Å²) in [5.74, 6) is 0.457. The molecule has 28 heavy (non-hydrogen) atoms. The summed E-state index contributed by atoms with van der Waals surface area (Å²) in [4.78, 5) is 24.0. The Bertz CT molecular complexity index is 987. The molecular weight excluding hydrogens is 378 g/mol. The van der Waals surface area contributed by atoms with Gasteiger partial charge in [0.1, 0.15) is 5.75 Å². The Morgan fingerprint density at radius 1 is 1.18 bits per heavy atom. The van der Waals surface area contributed by atoms with Gasteiger partial charge >= 0.3 is 0 Å². The van der Waals surface area contributed by atoms with Crippen molar-refractivity contribution in [1.29, 1.82) is 0 Å². The molecule has 0 aliphatic carbocycles. The number of Topliss-reactive ketones (excluding diaryl/α,β-unsaturated/α-hetero) is 1. The van der Waals surface area contributed by atoms with Gasteiger partial charge in [-0.3, -0.25) is 9.59 Å². The summed E-state index contributed by atoms with van der Waals surface area (Å²) in [5.41, 5.74) is 1.87. The molecule has 2 aromatic carbocycles. The second-order valence-electron chi connectivity index (χ2n) is 5.96. The number of nitrogens with one attached hydrogen (secondary N) is 1. The van der Waals surface area contributed by atoms with Crippen LogP contribution in [0.5, 0.6) is 5.75 Å². The minimum atomic E-state index is -0.455. The lowest BCUT2D eigenvalue weighted by Gasteiger charge is -2.12. The van der Waals surface area contributed by atoms with Crippen molar-refractivity contribution in [3.63, 3.8) is 0 Å². The first-order valence-corrected chi connectivity index (χ1v) is 9.37. The number of carbonyl (C=O) groups is 2. The number of anilines is 1. The van der Waals surface area contributed by atoms with Crippen molar-refractivity contribution in [2.45, 2.75) is 24.3 Å². The SMILES string of the molecule is COc1ccc(-n2nnnc2S[C@H](C)C(=O)Nc2cccc(C(C)=O)c2)cc1. The van der Waals surface area contributed by atoms with Crippen LogP contribution in [0.1, 0.15) is 24.2 Å². The van der Waals surface area contributed by atoms with Crippen LogP contribution >= 0.6 is 11.8 Å². The summed E-state index contributed by atoms with van der Waals surface area (Å²) < 4.78 is 6.71. The normalized spacial score (nSPS) is 11.7.